The number of hydrogen-bond donors (Lipinski definition) is 0. The fraction of sp³-hybridized carbons (Fsp3) is 0.667. The maximum atomic E-state index is 12.0. The average Bonchev–Trinajstić information content (AvgIpc) is 2.68. The second kappa shape index (κ2) is 6.38. The van der Waals surface area contributed by atoms with E-state index in [0.717, 1.165) is 5.69 Å². The minimum absolute atomic E-state index is 0.401. The second-order valence-electron chi connectivity index (χ2n) is 2.90. The molecule has 1 heterocycles. The molecule has 0 radical (unpaired) electrons. The molecule has 0 fully saturated rings. The first-order chi connectivity index (χ1) is 7.20. The molecule has 1 aromatic heterocycles. The lowest BCUT2D eigenvalue weighted by molar-refractivity contribution is 0.220. The van der Waals surface area contributed by atoms with Gasteiger partial charge in [0.15, 0.2) is 0 Å². The standard InChI is InChI=1S/C9H16NO3PS/c1-3-12-14(11,13-4-2)6-5-9-7-15-8-10-9/h7-8H,3-6H2,1-2H3. The van der Waals surface area contributed by atoms with E-state index in [9.17, 15) is 4.57 Å². The summed E-state index contributed by atoms with van der Waals surface area (Å²) < 4.78 is 22.4. The SMILES string of the molecule is CCOP(=O)(CCc1cscn1)OCC. The van der Waals surface area contributed by atoms with Gasteiger partial charge in [0.25, 0.3) is 0 Å². The molecule has 0 amide bonds. The van der Waals surface area contributed by atoms with Gasteiger partial charge >= 0.3 is 7.60 Å². The van der Waals surface area contributed by atoms with Crippen molar-refractivity contribution in [1.82, 2.24) is 4.98 Å². The van der Waals surface area contributed by atoms with Crippen molar-refractivity contribution in [2.75, 3.05) is 19.4 Å². The lowest BCUT2D eigenvalue weighted by atomic mass is 10.4. The highest BCUT2D eigenvalue weighted by Crippen LogP contribution is 2.48. The monoisotopic (exact) mass is 249 g/mol. The van der Waals surface area contributed by atoms with Crippen LogP contribution in [0.4, 0.5) is 0 Å². The van der Waals surface area contributed by atoms with Crippen LogP contribution in [0.2, 0.25) is 0 Å². The molecule has 86 valence electrons. The van der Waals surface area contributed by atoms with Gasteiger partial charge in [0.1, 0.15) is 0 Å². The zero-order valence-electron chi connectivity index (χ0n) is 9.01. The molecule has 0 aliphatic carbocycles. The molecule has 0 bridgehead atoms. The van der Waals surface area contributed by atoms with Crippen LogP contribution in [0.25, 0.3) is 0 Å². The average molecular weight is 249 g/mol. The van der Waals surface area contributed by atoms with Crippen molar-refractivity contribution in [3.05, 3.63) is 16.6 Å². The molecule has 4 nitrogen and oxygen atoms in total. The highest BCUT2D eigenvalue weighted by molar-refractivity contribution is 7.53. The van der Waals surface area contributed by atoms with Gasteiger partial charge in [0.2, 0.25) is 0 Å². The van der Waals surface area contributed by atoms with Crippen LogP contribution < -0.4 is 0 Å². The third-order valence-corrected chi connectivity index (χ3v) is 4.49. The topological polar surface area (TPSA) is 48.4 Å². The van der Waals surface area contributed by atoms with E-state index < -0.39 is 7.60 Å². The zero-order chi connectivity index (χ0) is 11.1. The van der Waals surface area contributed by atoms with Crippen LogP contribution in [0.3, 0.4) is 0 Å². The van der Waals surface area contributed by atoms with E-state index in [2.05, 4.69) is 4.98 Å². The molecular formula is C9H16NO3PS. The summed E-state index contributed by atoms with van der Waals surface area (Å²) in [6, 6.07) is 0. The van der Waals surface area contributed by atoms with Crippen LogP contribution in [0.15, 0.2) is 10.9 Å². The highest BCUT2D eigenvalue weighted by Gasteiger charge is 2.23. The number of aromatic nitrogens is 1. The van der Waals surface area contributed by atoms with E-state index in [1.807, 2.05) is 19.2 Å². The molecule has 1 aromatic rings. The summed E-state index contributed by atoms with van der Waals surface area (Å²) in [5.74, 6) is 0. The molecule has 0 aromatic carbocycles. The lowest BCUT2D eigenvalue weighted by Gasteiger charge is -2.16. The van der Waals surface area contributed by atoms with Crippen molar-refractivity contribution < 1.29 is 13.6 Å². The first kappa shape index (κ1) is 12.8. The zero-order valence-corrected chi connectivity index (χ0v) is 10.7. The lowest BCUT2D eigenvalue weighted by Crippen LogP contribution is -2.02. The fourth-order valence-corrected chi connectivity index (χ4v) is 3.39. The summed E-state index contributed by atoms with van der Waals surface area (Å²) >= 11 is 1.53. The predicted octanol–water partition coefficient (Wildman–Crippen LogP) is 2.95. The fourth-order valence-electron chi connectivity index (χ4n) is 1.17. The summed E-state index contributed by atoms with van der Waals surface area (Å²) in [4.78, 5) is 4.13. The van der Waals surface area contributed by atoms with Gasteiger partial charge in [-0.05, 0) is 13.8 Å². The van der Waals surface area contributed by atoms with Crippen molar-refractivity contribution in [3.63, 3.8) is 0 Å². The minimum atomic E-state index is -2.90. The molecular weight excluding hydrogens is 233 g/mol. The van der Waals surface area contributed by atoms with Crippen molar-refractivity contribution in [2.24, 2.45) is 0 Å². The predicted molar refractivity (Wildman–Crippen MR) is 61.5 cm³/mol. The van der Waals surface area contributed by atoms with Gasteiger partial charge in [-0.15, -0.1) is 11.3 Å². The number of rotatable bonds is 7. The summed E-state index contributed by atoms with van der Waals surface area (Å²) in [6.45, 7) is 4.45. The van der Waals surface area contributed by atoms with Crippen molar-refractivity contribution >= 4 is 18.9 Å². The van der Waals surface area contributed by atoms with Crippen LogP contribution in [0.1, 0.15) is 19.5 Å². The molecule has 1 rings (SSSR count). The molecule has 0 aliphatic rings. The van der Waals surface area contributed by atoms with Crippen molar-refractivity contribution in [3.8, 4) is 0 Å². The Balaban J connectivity index is 2.48. The van der Waals surface area contributed by atoms with Gasteiger partial charge in [-0.2, -0.15) is 0 Å². The number of nitrogens with zero attached hydrogens (tertiary/aromatic N) is 1. The Morgan fingerprint density at radius 1 is 1.40 bits per heavy atom. The Labute approximate surface area is 94.2 Å². The molecule has 15 heavy (non-hydrogen) atoms. The molecule has 0 unspecified atom stereocenters. The van der Waals surface area contributed by atoms with E-state index >= 15 is 0 Å². The van der Waals surface area contributed by atoms with E-state index in [4.69, 9.17) is 9.05 Å². The third kappa shape index (κ3) is 4.43. The Morgan fingerprint density at radius 2 is 2.07 bits per heavy atom. The van der Waals surface area contributed by atoms with Crippen LogP contribution in [0, 0.1) is 0 Å². The van der Waals surface area contributed by atoms with Gasteiger partial charge in [-0.25, -0.2) is 4.98 Å². The first-order valence-electron chi connectivity index (χ1n) is 4.95. The Morgan fingerprint density at radius 3 is 2.53 bits per heavy atom. The third-order valence-electron chi connectivity index (χ3n) is 1.78. The molecule has 6 heteroatoms. The molecule has 0 atom stereocenters. The van der Waals surface area contributed by atoms with Crippen molar-refractivity contribution in [2.45, 2.75) is 20.3 Å². The van der Waals surface area contributed by atoms with E-state index in [0.29, 0.717) is 25.8 Å². The quantitative estimate of drug-likeness (QED) is 0.697. The molecule has 0 spiro atoms. The molecule has 0 aliphatic heterocycles. The maximum Gasteiger partial charge on any atom is 0.331 e. The van der Waals surface area contributed by atoms with Gasteiger partial charge in [0, 0.05) is 11.8 Å². The van der Waals surface area contributed by atoms with Crippen LogP contribution >= 0.6 is 18.9 Å². The van der Waals surface area contributed by atoms with Crippen LogP contribution in [-0.4, -0.2) is 24.4 Å². The summed E-state index contributed by atoms with van der Waals surface area (Å²) in [6.07, 6.45) is 1.04. The molecule has 0 saturated heterocycles. The van der Waals surface area contributed by atoms with Gasteiger partial charge in [0.05, 0.1) is 30.6 Å². The van der Waals surface area contributed by atoms with Crippen LogP contribution in [-0.2, 0) is 20.0 Å². The maximum absolute atomic E-state index is 12.0. The summed E-state index contributed by atoms with van der Waals surface area (Å²) in [7, 11) is -2.90. The largest absolute Gasteiger partial charge is 0.331 e. The summed E-state index contributed by atoms with van der Waals surface area (Å²) in [5, 5.41) is 1.95. The normalized spacial score (nSPS) is 11.9. The second-order valence-corrected chi connectivity index (χ2v) is 5.80. The Bertz CT molecular complexity index is 305. The number of thiazole rings is 1. The minimum Gasteiger partial charge on any atom is -0.309 e. The smallest absolute Gasteiger partial charge is 0.309 e. The van der Waals surface area contributed by atoms with Gasteiger partial charge in [-0.3, -0.25) is 4.57 Å². The molecule has 0 N–H and O–H groups in total. The van der Waals surface area contributed by atoms with Gasteiger partial charge < -0.3 is 9.05 Å². The Kier molecular flexibility index (Phi) is 5.47. The first-order valence-corrected chi connectivity index (χ1v) is 7.62. The van der Waals surface area contributed by atoms with Crippen LogP contribution in [0.5, 0.6) is 0 Å². The van der Waals surface area contributed by atoms with E-state index in [1.165, 1.54) is 11.3 Å². The Hall–Kier alpha value is -0.220. The number of hydrogen-bond acceptors (Lipinski definition) is 5. The number of aryl methyl sites for hydroxylation is 1. The van der Waals surface area contributed by atoms with Crippen molar-refractivity contribution in [1.29, 1.82) is 0 Å². The van der Waals surface area contributed by atoms with Gasteiger partial charge in [-0.1, -0.05) is 0 Å². The highest BCUT2D eigenvalue weighted by atomic mass is 32.1. The van der Waals surface area contributed by atoms with E-state index in [-0.39, 0.29) is 0 Å². The summed E-state index contributed by atoms with van der Waals surface area (Å²) in [5.41, 5.74) is 2.71. The molecule has 0 saturated carbocycles. The van der Waals surface area contributed by atoms with E-state index in [1.54, 1.807) is 5.51 Å².